The van der Waals surface area contributed by atoms with E-state index < -0.39 is 0 Å². The zero-order valence-corrected chi connectivity index (χ0v) is 15.4. The van der Waals surface area contributed by atoms with Crippen molar-refractivity contribution < 1.29 is 9.47 Å². The molecule has 0 aliphatic heterocycles. The molecule has 138 valence electrons. The molecule has 0 amide bonds. The Hall–Kier alpha value is -3.61. The number of hydrogen-bond acceptors (Lipinski definition) is 5. The van der Waals surface area contributed by atoms with Crippen molar-refractivity contribution in [1.82, 2.24) is 9.97 Å². The Morgan fingerprint density at radius 3 is 2.33 bits per heavy atom. The van der Waals surface area contributed by atoms with Crippen molar-refractivity contribution in [3.8, 4) is 17.2 Å². The number of nitrogens with zero attached hydrogens (tertiary/aromatic N) is 3. The summed E-state index contributed by atoms with van der Waals surface area (Å²) in [5, 5.41) is 3.02. The number of para-hydroxylation sites is 1. The highest BCUT2D eigenvalue weighted by atomic mass is 16.5. The van der Waals surface area contributed by atoms with Crippen LogP contribution in [0.1, 0.15) is 11.4 Å². The van der Waals surface area contributed by atoms with Gasteiger partial charge in [0.05, 0.1) is 12.8 Å². The molecule has 3 aromatic rings. The molecule has 0 atom stereocenters. The predicted molar refractivity (Wildman–Crippen MR) is 106 cm³/mol. The fourth-order valence-electron chi connectivity index (χ4n) is 2.50. The van der Waals surface area contributed by atoms with E-state index in [2.05, 4.69) is 20.3 Å². The van der Waals surface area contributed by atoms with Crippen molar-refractivity contribution in [1.29, 1.82) is 0 Å². The highest BCUT2D eigenvalue weighted by Gasteiger charge is 2.08. The standard InChI is InChI=1S/C20H21N5O2/c1-13-11-14(2)23-20(22-13)25-19(21)24-17-12-16(9-10-18(17)26-3)27-15-7-5-4-6-8-15/h4-12H,1-3H3,(H3,21,22,23,24,25). The van der Waals surface area contributed by atoms with Crippen LogP contribution in [0.25, 0.3) is 0 Å². The number of aliphatic imine (C=N–C) groups is 1. The summed E-state index contributed by atoms with van der Waals surface area (Å²) in [6, 6.07) is 16.8. The maximum Gasteiger partial charge on any atom is 0.253 e. The van der Waals surface area contributed by atoms with Crippen molar-refractivity contribution in [3.63, 3.8) is 0 Å². The smallest absolute Gasteiger partial charge is 0.253 e. The summed E-state index contributed by atoms with van der Waals surface area (Å²) in [6.45, 7) is 3.76. The molecular formula is C20H21N5O2. The number of nitrogens with one attached hydrogen (secondary N) is 1. The molecule has 1 aromatic heterocycles. The first-order valence-electron chi connectivity index (χ1n) is 8.38. The lowest BCUT2D eigenvalue weighted by Gasteiger charge is -2.13. The minimum absolute atomic E-state index is 0.148. The molecule has 0 saturated heterocycles. The van der Waals surface area contributed by atoms with E-state index in [0.717, 1.165) is 17.1 Å². The molecule has 0 spiro atoms. The quantitative estimate of drug-likeness (QED) is 0.526. The SMILES string of the molecule is COc1ccc(Oc2ccccc2)cc1N/C(N)=N/c1nc(C)cc(C)n1. The molecular weight excluding hydrogens is 342 g/mol. The van der Waals surface area contributed by atoms with Crippen LogP contribution in [-0.2, 0) is 0 Å². The molecule has 0 fully saturated rings. The Morgan fingerprint density at radius 2 is 1.67 bits per heavy atom. The number of aromatic nitrogens is 2. The summed E-state index contributed by atoms with van der Waals surface area (Å²) in [6.07, 6.45) is 0. The third kappa shape index (κ3) is 4.94. The van der Waals surface area contributed by atoms with Gasteiger partial charge in [-0.3, -0.25) is 0 Å². The van der Waals surface area contributed by atoms with Crippen LogP contribution in [0.5, 0.6) is 17.2 Å². The predicted octanol–water partition coefficient (Wildman–Crippen LogP) is 3.95. The highest BCUT2D eigenvalue weighted by Crippen LogP contribution is 2.31. The summed E-state index contributed by atoms with van der Waals surface area (Å²) in [4.78, 5) is 12.7. The first-order chi connectivity index (χ1) is 13.0. The van der Waals surface area contributed by atoms with Crippen molar-refractivity contribution in [2.24, 2.45) is 10.7 Å². The van der Waals surface area contributed by atoms with Gasteiger partial charge in [0.1, 0.15) is 17.2 Å². The zero-order valence-electron chi connectivity index (χ0n) is 15.4. The van der Waals surface area contributed by atoms with Gasteiger partial charge in [0.25, 0.3) is 5.95 Å². The lowest BCUT2D eigenvalue weighted by atomic mass is 10.2. The highest BCUT2D eigenvalue weighted by molar-refractivity contribution is 5.95. The second-order valence-corrected chi connectivity index (χ2v) is 5.85. The maximum atomic E-state index is 6.03. The molecule has 0 aliphatic rings. The van der Waals surface area contributed by atoms with E-state index in [4.69, 9.17) is 15.2 Å². The van der Waals surface area contributed by atoms with Gasteiger partial charge in [-0.15, -0.1) is 0 Å². The van der Waals surface area contributed by atoms with Crippen LogP contribution in [0.3, 0.4) is 0 Å². The molecule has 0 saturated carbocycles. The molecule has 1 heterocycles. The normalized spacial score (nSPS) is 11.1. The molecule has 2 aromatic carbocycles. The third-order valence-electron chi connectivity index (χ3n) is 3.60. The molecule has 0 aliphatic carbocycles. The number of ether oxygens (including phenoxy) is 2. The molecule has 0 radical (unpaired) electrons. The van der Waals surface area contributed by atoms with Crippen molar-refractivity contribution in [2.45, 2.75) is 13.8 Å². The Labute approximate surface area is 157 Å². The van der Waals surface area contributed by atoms with Crippen LogP contribution in [0.15, 0.2) is 59.6 Å². The summed E-state index contributed by atoms with van der Waals surface area (Å²) < 4.78 is 11.2. The maximum absolute atomic E-state index is 6.03. The summed E-state index contributed by atoms with van der Waals surface area (Å²) in [7, 11) is 1.58. The van der Waals surface area contributed by atoms with Gasteiger partial charge in [-0.1, -0.05) is 18.2 Å². The van der Waals surface area contributed by atoms with Crippen LogP contribution < -0.4 is 20.5 Å². The first-order valence-corrected chi connectivity index (χ1v) is 8.38. The number of hydrogen-bond donors (Lipinski definition) is 2. The van der Waals surface area contributed by atoms with Crippen molar-refractivity contribution in [2.75, 3.05) is 12.4 Å². The second-order valence-electron chi connectivity index (χ2n) is 5.85. The Morgan fingerprint density at radius 1 is 0.963 bits per heavy atom. The van der Waals surface area contributed by atoms with Gasteiger partial charge >= 0.3 is 0 Å². The van der Waals surface area contributed by atoms with E-state index in [1.807, 2.05) is 56.3 Å². The average molecular weight is 363 g/mol. The lowest BCUT2D eigenvalue weighted by Crippen LogP contribution is -2.22. The van der Waals surface area contributed by atoms with Gasteiger partial charge in [-0.25, -0.2) is 9.97 Å². The Balaban J connectivity index is 1.83. The van der Waals surface area contributed by atoms with E-state index >= 15 is 0 Å². The van der Waals surface area contributed by atoms with Gasteiger partial charge in [-0.05, 0) is 44.2 Å². The molecule has 3 N–H and O–H groups in total. The van der Waals surface area contributed by atoms with Gasteiger partial charge in [0.2, 0.25) is 5.96 Å². The molecule has 7 heteroatoms. The van der Waals surface area contributed by atoms with Gasteiger partial charge in [0, 0.05) is 17.5 Å². The van der Waals surface area contributed by atoms with Gasteiger partial charge < -0.3 is 20.5 Å². The number of aryl methyl sites for hydroxylation is 2. The van der Waals surface area contributed by atoms with Crippen molar-refractivity contribution >= 4 is 17.6 Å². The molecule has 0 bridgehead atoms. The van der Waals surface area contributed by atoms with E-state index in [0.29, 0.717) is 23.1 Å². The number of methoxy groups -OCH3 is 1. The van der Waals surface area contributed by atoms with E-state index in [1.54, 1.807) is 19.2 Å². The second kappa shape index (κ2) is 8.18. The molecule has 7 nitrogen and oxygen atoms in total. The summed E-state index contributed by atoms with van der Waals surface area (Å²) >= 11 is 0. The Bertz CT molecular complexity index is 938. The molecule has 0 unspecified atom stereocenters. The molecule has 3 rings (SSSR count). The first kappa shape index (κ1) is 18.2. The van der Waals surface area contributed by atoms with Crippen LogP contribution in [-0.4, -0.2) is 23.0 Å². The van der Waals surface area contributed by atoms with Gasteiger partial charge in [0.15, 0.2) is 0 Å². The van der Waals surface area contributed by atoms with Crippen LogP contribution in [0.2, 0.25) is 0 Å². The lowest BCUT2D eigenvalue weighted by molar-refractivity contribution is 0.415. The topological polar surface area (TPSA) is 94.7 Å². The minimum Gasteiger partial charge on any atom is -0.495 e. The zero-order chi connectivity index (χ0) is 19.2. The van der Waals surface area contributed by atoms with E-state index in [9.17, 15) is 0 Å². The summed E-state index contributed by atoms with van der Waals surface area (Å²) in [5.41, 5.74) is 8.30. The number of rotatable bonds is 5. The fourth-order valence-corrected chi connectivity index (χ4v) is 2.50. The number of nitrogens with two attached hydrogens (primary N) is 1. The van der Waals surface area contributed by atoms with Gasteiger partial charge in [-0.2, -0.15) is 4.99 Å². The van der Waals surface area contributed by atoms with E-state index in [1.165, 1.54) is 0 Å². The van der Waals surface area contributed by atoms with Crippen LogP contribution in [0, 0.1) is 13.8 Å². The number of anilines is 1. The minimum atomic E-state index is 0.148. The van der Waals surface area contributed by atoms with Crippen LogP contribution in [0.4, 0.5) is 11.6 Å². The number of guanidine groups is 1. The molecule has 27 heavy (non-hydrogen) atoms. The van der Waals surface area contributed by atoms with Crippen LogP contribution >= 0.6 is 0 Å². The number of benzene rings is 2. The summed E-state index contributed by atoms with van der Waals surface area (Å²) in [5.74, 6) is 2.43. The third-order valence-corrected chi connectivity index (χ3v) is 3.60. The largest absolute Gasteiger partial charge is 0.495 e. The Kier molecular flexibility index (Phi) is 5.51. The van der Waals surface area contributed by atoms with Crippen molar-refractivity contribution in [3.05, 3.63) is 66.0 Å². The average Bonchev–Trinajstić information content (AvgIpc) is 2.62. The van der Waals surface area contributed by atoms with E-state index in [-0.39, 0.29) is 5.96 Å². The fraction of sp³-hybridized carbons (Fsp3) is 0.150. The monoisotopic (exact) mass is 363 g/mol.